The summed E-state index contributed by atoms with van der Waals surface area (Å²) in [7, 11) is 0. The minimum Gasteiger partial charge on any atom is -0.419 e. The van der Waals surface area contributed by atoms with Gasteiger partial charge >= 0.3 is 0 Å². The maximum atomic E-state index is 13.0. The summed E-state index contributed by atoms with van der Waals surface area (Å²) in [6.07, 6.45) is 4.14. The number of aromatic nitrogens is 3. The molecule has 0 N–H and O–H groups in total. The Morgan fingerprint density at radius 3 is 2.67 bits per heavy atom. The molecule has 3 aromatic rings. The number of hydrogen-bond donors (Lipinski definition) is 0. The van der Waals surface area contributed by atoms with Gasteiger partial charge in [-0.1, -0.05) is 12.1 Å². The van der Waals surface area contributed by atoms with Crippen LogP contribution in [0.25, 0.3) is 11.6 Å². The van der Waals surface area contributed by atoms with Crippen molar-refractivity contribution in [2.75, 3.05) is 31.1 Å². The molecule has 7 heteroatoms. The maximum Gasteiger partial charge on any atom is 0.264 e. The molecule has 1 saturated heterocycles. The molecule has 1 aromatic carbocycles. The van der Waals surface area contributed by atoms with E-state index in [2.05, 4.69) is 47.1 Å². The third-order valence-corrected chi connectivity index (χ3v) is 6.06. The van der Waals surface area contributed by atoms with Gasteiger partial charge in [0.15, 0.2) is 0 Å². The summed E-state index contributed by atoms with van der Waals surface area (Å²) < 4.78 is 7.74. The normalized spacial score (nSPS) is 16.9. The molecule has 1 aliphatic heterocycles. The molecule has 2 aliphatic rings. The second-order valence-electron chi connectivity index (χ2n) is 8.40. The molecule has 2 fully saturated rings. The molecular formula is C23H27N5O2. The molecule has 0 radical (unpaired) electrons. The molecule has 3 heterocycles. The van der Waals surface area contributed by atoms with E-state index in [1.165, 1.54) is 16.8 Å². The summed E-state index contributed by atoms with van der Waals surface area (Å²) >= 11 is 0. The Kier molecular flexibility index (Phi) is 4.81. The van der Waals surface area contributed by atoms with E-state index in [9.17, 15) is 4.79 Å². The zero-order chi connectivity index (χ0) is 20.7. The van der Waals surface area contributed by atoms with Gasteiger partial charge in [0.25, 0.3) is 5.89 Å². The van der Waals surface area contributed by atoms with Crippen molar-refractivity contribution in [3.8, 4) is 11.6 Å². The average molecular weight is 406 g/mol. The molecule has 0 unspecified atom stereocenters. The van der Waals surface area contributed by atoms with E-state index in [4.69, 9.17) is 4.42 Å². The van der Waals surface area contributed by atoms with Gasteiger partial charge in [-0.25, -0.2) is 0 Å². The number of benzene rings is 1. The molecule has 2 aromatic heterocycles. The first-order valence-electron chi connectivity index (χ1n) is 10.7. The van der Waals surface area contributed by atoms with Crippen molar-refractivity contribution in [2.24, 2.45) is 0 Å². The van der Waals surface area contributed by atoms with Crippen LogP contribution in [-0.4, -0.2) is 51.8 Å². The lowest BCUT2D eigenvalue weighted by Gasteiger charge is -2.37. The van der Waals surface area contributed by atoms with Crippen LogP contribution in [0, 0.1) is 13.8 Å². The zero-order valence-electron chi connectivity index (χ0n) is 17.5. The average Bonchev–Trinajstić information content (AvgIpc) is 3.30. The highest BCUT2D eigenvalue weighted by Crippen LogP contribution is 2.40. The van der Waals surface area contributed by atoms with Crippen LogP contribution in [0.2, 0.25) is 0 Å². The van der Waals surface area contributed by atoms with Crippen LogP contribution in [0.1, 0.15) is 35.8 Å². The summed E-state index contributed by atoms with van der Waals surface area (Å²) in [4.78, 5) is 17.3. The summed E-state index contributed by atoms with van der Waals surface area (Å²) in [5.41, 5.74) is 4.62. The van der Waals surface area contributed by atoms with E-state index in [0.717, 1.165) is 44.7 Å². The topological polar surface area (TPSA) is 67.4 Å². The molecule has 7 nitrogen and oxygen atoms in total. The number of aryl methyl sites for hydroxylation is 2. The maximum absolute atomic E-state index is 13.0. The quantitative estimate of drug-likeness (QED) is 0.651. The lowest BCUT2D eigenvalue weighted by atomic mass is 10.1. The highest BCUT2D eigenvalue weighted by molar-refractivity contribution is 5.77. The van der Waals surface area contributed by atoms with Crippen LogP contribution in [0.15, 0.2) is 40.9 Å². The molecule has 0 bridgehead atoms. The van der Waals surface area contributed by atoms with Gasteiger partial charge in [-0.3, -0.25) is 4.79 Å². The molecule has 1 amide bonds. The van der Waals surface area contributed by atoms with E-state index in [1.54, 1.807) is 0 Å². The van der Waals surface area contributed by atoms with Gasteiger partial charge in [-0.2, -0.15) is 0 Å². The first kappa shape index (κ1) is 18.9. The van der Waals surface area contributed by atoms with E-state index in [-0.39, 0.29) is 12.5 Å². The standard InChI is InChI=1S/C23H27N5O2/c1-16-5-6-17(2)20(14-16)26-10-12-27(13-11-26)21(29)15-28-9-3-4-19(28)23-25-24-22(30-23)18-7-8-18/h3-6,9,14,18H,7-8,10-13,15H2,1-2H3. The number of anilines is 1. The minimum absolute atomic E-state index is 0.120. The monoisotopic (exact) mass is 405 g/mol. The molecule has 0 atom stereocenters. The molecular weight excluding hydrogens is 378 g/mol. The van der Waals surface area contributed by atoms with E-state index >= 15 is 0 Å². The number of hydrogen-bond acceptors (Lipinski definition) is 5. The number of carbonyl (C=O) groups excluding carboxylic acids is 1. The number of carbonyl (C=O) groups is 1. The number of piperazine rings is 1. The van der Waals surface area contributed by atoms with Gasteiger partial charge in [-0.05, 0) is 56.0 Å². The predicted octanol–water partition coefficient (Wildman–Crippen LogP) is 3.38. The first-order valence-corrected chi connectivity index (χ1v) is 10.7. The lowest BCUT2D eigenvalue weighted by molar-refractivity contribution is -0.132. The van der Waals surface area contributed by atoms with E-state index in [0.29, 0.717) is 17.7 Å². The molecule has 30 heavy (non-hydrogen) atoms. The van der Waals surface area contributed by atoms with Crippen molar-refractivity contribution in [1.82, 2.24) is 19.7 Å². The van der Waals surface area contributed by atoms with Crippen LogP contribution < -0.4 is 4.90 Å². The van der Waals surface area contributed by atoms with Crippen molar-refractivity contribution < 1.29 is 9.21 Å². The zero-order valence-corrected chi connectivity index (χ0v) is 17.5. The fourth-order valence-electron chi connectivity index (χ4n) is 4.08. The van der Waals surface area contributed by atoms with Crippen LogP contribution >= 0.6 is 0 Å². The van der Waals surface area contributed by atoms with Crippen molar-refractivity contribution in [1.29, 1.82) is 0 Å². The Morgan fingerprint density at radius 2 is 1.90 bits per heavy atom. The highest BCUT2D eigenvalue weighted by Gasteiger charge is 2.30. The molecule has 5 rings (SSSR count). The SMILES string of the molecule is Cc1ccc(C)c(N2CCN(C(=O)Cn3cccc3-c3nnc(C4CC4)o3)CC2)c1. The third-order valence-electron chi connectivity index (χ3n) is 6.06. The van der Waals surface area contributed by atoms with Crippen molar-refractivity contribution in [2.45, 2.75) is 39.2 Å². The minimum atomic E-state index is 0.120. The van der Waals surface area contributed by atoms with Gasteiger partial charge in [0.05, 0.1) is 0 Å². The number of amides is 1. The van der Waals surface area contributed by atoms with Crippen LogP contribution in [-0.2, 0) is 11.3 Å². The fourth-order valence-corrected chi connectivity index (χ4v) is 4.08. The second-order valence-corrected chi connectivity index (χ2v) is 8.40. The van der Waals surface area contributed by atoms with Gasteiger partial charge in [0, 0.05) is 44.0 Å². The summed E-state index contributed by atoms with van der Waals surface area (Å²) in [5, 5.41) is 8.35. The van der Waals surface area contributed by atoms with E-state index in [1.807, 2.05) is 27.8 Å². The summed E-state index contributed by atoms with van der Waals surface area (Å²) in [6, 6.07) is 10.4. The van der Waals surface area contributed by atoms with Gasteiger partial charge < -0.3 is 18.8 Å². The first-order chi connectivity index (χ1) is 14.6. The Hall–Kier alpha value is -3.09. The van der Waals surface area contributed by atoms with Gasteiger partial charge in [-0.15, -0.1) is 10.2 Å². The summed E-state index contributed by atoms with van der Waals surface area (Å²) in [6.45, 7) is 7.71. The van der Waals surface area contributed by atoms with Crippen LogP contribution in [0.4, 0.5) is 5.69 Å². The number of nitrogens with zero attached hydrogens (tertiary/aromatic N) is 5. The largest absolute Gasteiger partial charge is 0.419 e. The van der Waals surface area contributed by atoms with E-state index < -0.39 is 0 Å². The van der Waals surface area contributed by atoms with Crippen molar-refractivity contribution >= 4 is 11.6 Å². The smallest absolute Gasteiger partial charge is 0.264 e. The second kappa shape index (κ2) is 7.63. The number of rotatable bonds is 5. The van der Waals surface area contributed by atoms with Crippen molar-refractivity contribution in [3.05, 3.63) is 53.5 Å². The molecule has 0 spiro atoms. The summed E-state index contributed by atoms with van der Waals surface area (Å²) in [5.74, 6) is 1.75. The highest BCUT2D eigenvalue weighted by atomic mass is 16.4. The van der Waals surface area contributed by atoms with Crippen molar-refractivity contribution in [3.63, 3.8) is 0 Å². The van der Waals surface area contributed by atoms with Gasteiger partial charge in [0.1, 0.15) is 12.2 Å². The molecule has 1 aliphatic carbocycles. The Balaban J connectivity index is 1.23. The lowest BCUT2D eigenvalue weighted by Crippen LogP contribution is -2.49. The Bertz CT molecular complexity index is 1060. The Morgan fingerprint density at radius 1 is 1.10 bits per heavy atom. The third kappa shape index (κ3) is 3.72. The Labute approximate surface area is 176 Å². The fraction of sp³-hybridized carbons (Fsp3) is 0.435. The van der Waals surface area contributed by atoms with Crippen LogP contribution in [0.3, 0.4) is 0 Å². The van der Waals surface area contributed by atoms with Gasteiger partial charge in [0.2, 0.25) is 11.8 Å². The molecule has 1 saturated carbocycles. The molecule has 156 valence electrons. The van der Waals surface area contributed by atoms with Crippen LogP contribution in [0.5, 0.6) is 0 Å². The predicted molar refractivity (Wildman–Crippen MR) is 114 cm³/mol.